The third-order valence-electron chi connectivity index (χ3n) is 9.24. The number of nitrogens with zero attached hydrogens (tertiary/aromatic N) is 5. The lowest BCUT2D eigenvalue weighted by Gasteiger charge is -2.22. The molecule has 1 aliphatic rings. The van der Waals surface area contributed by atoms with E-state index in [1.54, 1.807) is 0 Å². The van der Waals surface area contributed by atoms with Crippen LogP contribution in [0.5, 0.6) is 0 Å². The fraction of sp³-hybridized carbons (Fsp3) is 0.0870. The van der Waals surface area contributed by atoms with Crippen LogP contribution in [-0.4, -0.2) is 33.3 Å². The summed E-state index contributed by atoms with van der Waals surface area (Å²) in [5.41, 5.74) is 11.1. The highest BCUT2D eigenvalue weighted by atomic mass is 15.0. The molecule has 1 N–H and O–H groups in total. The molecule has 52 heavy (non-hydrogen) atoms. The third-order valence-corrected chi connectivity index (χ3v) is 9.24. The summed E-state index contributed by atoms with van der Waals surface area (Å²) in [4.78, 5) is 22.7. The summed E-state index contributed by atoms with van der Waals surface area (Å²) < 4.78 is 0. The van der Waals surface area contributed by atoms with E-state index in [1.807, 2.05) is 121 Å². The van der Waals surface area contributed by atoms with Crippen molar-refractivity contribution in [3.63, 3.8) is 0 Å². The zero-order valence-electron chi connectivity index (χ0n) is 29.5. The molecule has 6 aromatic carbocycles. The van der Waals surface area contributed by atoms with Crippen LogP contribution >= 0.6 is 0 Å². The Morgan fingerprint density at radius 2 is 0.981 bits per heavy atom. The zero-order valence-corrected chi connectivity index (χ0v) is 29.5. The van der Waals surface area contributed by atoms with E-state index in [0.717, 1.165) is 27.8 Å². The van der Waals surface area contributed by atoms with E-state index >= 15 is 0 Å². The average Bonchev–Trinajstić information content (AvgIpc) is 3.42. The Morgan fingerprint density at radius 1 is 0.538 bits per heavy atom. The molecule has 0 aliphatic heterocycles. The summed E-state index contributed by atoms with van der Waals surface area (Å²) >= 11 is 0. The molecule has 1 aromatic heterocycles. The van der Waals surface area contributed by atoms with Gasteiger partial charge in [-0.05, 0) is 42.0 Å². The summed E-state index contributed by atoms with van der Waals surface area (Å²) in [5, 5.41) is 7.94. The molecule has 0 saturated heterocycles. The summed E-state index contributed by atoms with van der Waals surface area (Å²) in [7, 11) is 0. The first-order valence-corrected chi connectivity index (χ1v) is 17.2. The molecular weight excluding hydrogens is 637 g/mol. The predicted molar refractivity (Wildman–Crippen MR) is 214 cm³/mol. The Labute approximate surface area is 304 Å². The molecule has 0 fully saturated rings. The number of aromatic nitrogens is 3. The van der Waals surface area contributed by atoms with Gasteiger partial charge in [0, 0.05) is 33.2 Å². The Bertz CT molecular complexity index is 2340. The number of hydrogen-bond donors (Lipinski definition) is 1. The van der Waals surface area contributed by atoms with Gasteiger partial charge in [-0.15, -0.1) is 0 Å². The summed E-state index contributed by atoms with van der Waals surface area (Å²) in [6.07, 6.45) is 0. The molecule has 0 radical (unpaired) electrons. The highest BCUT2D eigenvalue weighted by molar-refractivity contribution is 6.11. The first-order chi connectivity index (χ1) is 25.3. The SMILES string of the molecule is C=NC(=NC(=N)c1ccccc1)c1ccccc1.Cc1ccc2c(c1)C(C)(C)c1cc(-c3nc(-c4ccccc4)nc(-c4ccccc4)n3)ccc1-2. The molecule has 0 unspecified atom stereocenters. The quantitative estimate of drug-likeness (QED) is 0.146. The van der Waals surface area contributed by atoms with E-state index in [2.05, 4.69) is 73.9 Å². The van der Waals surface area contributed by atoms with Crippen molar-refractivity contribution in [1.82, 2.24) is 15.0 Å². The van der Waals surface area contributed by atoms with Gasteiger partial charge in [0.25, 0.3) is 0 Å². The minimum atomic E-state index is -0.0791. The minimum absolute atomic E-state index is 0.0791. The van der Waals surface area contributed by atoms with E-state index < -0.39 is 0 Å². The van der Waals surface area contributed by atoms with Crippen LogP contribution in [0.1, 0.15) is 41.7 Å². The molecular formula is C46H38N6. The lowest BCUT2D eigenvalue weighted by atomic mass is 9.81. The molecule has 6 heteroatoms. The topological polar surface area (TPSA) is 87.2 Å². The number of amidine groups is 2. The number of benzene rings is 6. The van der Waals surface area contributed by atoms with E-state index in [1.165, 1.54) is 27.8 Å². The van der Waals surface area contributed by atoms with Crippen molar-refractivity contribution in [3.05, 3.63) is 186 Å². The third kappa shape index (κ3) is 7.00. The molecule has 0 bridgehead atoms. The summed E-state index contributed by atoms with van der Waals surface area (Å²) in [6, 6.07) is 52.5. The Morgan fingerprint density at radius 3 is 1.50 bits per heavy atom. The van der Waals surface area contributed by atoms with Gasteiger partial charge in [-0.25, -0.2) is 24.9 Å². The maximum absolute atomic E-state index is 7.94. The van der Waals surface area contributed by atoms with Crippen LogP contribution in [0.4, 0.5) is 0 Å². The van der Waals surface area contributed by atoms with Gasteiger partial charge in [0.05, 0.1) is 0 Å². The van der Waals surface area contributed by atoms with E-state index in [-0.39, 0.29) is 11.3 Å². The fourth-order valence-corrected chi connectivity index (χ4v) is 6.47. The minimum Gasteiger partial charge on any atom is -0.282 e. The molecule has 6 nitrogen and oxygen atoms in total. The van der Waals surface area contributed by atoms with Crippen LogP contribution in [-0.2, 0) is 5.41 Å². The summed E-state index contributed by atoms with van der Waals surface area (Å²) in [6.45, 7) is 10.3. The molecule has 0 spiro atoms. The van der Waals surface area contributed by atoms with Crippen molar-refractivity contribution in [2.45, 2.75) is 26.2 Å². The van der Waals surface area contributed by atoms with Crippen LogP contribution in [0.2, 0.25) is 0 Å². The average molecular weight is 675 g/mol. The molecule has 252 valence electrons. The van der Waals surface area contributed by atoms with Crippen molar-refractivity contribution >= 4 is 18.4 Å². The van der Waals surface area contributed by atoms with Gasteiger partial charge in [-0.2, -0.15) is 0 Å². The summed E-state index contributed by atoms with van der Waals surface area (Å²) in [5.74, 6) is 2.70. The van der Waals surface area contributed by atoms with Crippen molar-refractivity contribution in [1.29, 1.82) is 5.41 Å². The highest BCUT2D eigenvalue weighted by Crippen LogP contribution is 2.49. The van der Waals surface area contributed by atoms with Gasteiger partial charge >= 0.3 is 0 Å². The number of fused-ring (bicyclic) bond motifs is 3. The van der Waals surface area contributed by atoms with Crippen LogP contribution < -0.4 is 0 Å². The van der Waals surface area contributed by atoms with Crippen molar-refractivity contribution in [2.24, 2.45) is 9.98 Å². The van der Waals surface area contributed by atoms with E-state index in [4.69, 9.17) is 20.4 Å². The Hall–Kier alpha value is -6.66. The maximum Gasteiger partial charge on any atom is 0.164 e. The van der Waals surface area contributed by atoms with Crippen LogP contribution in [0.25, 0.3) is 45.3 Å². The Balaban J connectivity index is 0.000000198. The Kier molecular flexibility index (Phi) is 9.54. The lowest BCUT2D eigenvalue weighted by molar-refractivity contribution is 0.660. The normalized spacial score (nSPS) is 12.6. The monoisotopic (exact) mass is 674 g/mol. The second-order valence-electron chi connectivity index (χ2n) is 13.1. The molecule has 1 aliphatic carbocycles. The maximum atomic E-state index is 7.94. The van der Waals surface area contributed by atoms with Crippen LogP contribution in [0, 0.1) is 12.3 Å². The molecule has 1 heterocycles. The number of nitrogens with one attached hydrogen (secondary N) is 1. The first kappa shape index (κ1) is 33.8. The van der Waals surface area contributed by atoms with Gasteiger partial charge in [0.2, 0.25) is 0 Å². The molecule has 0 amide bonds. The van der Waals surface area contributed by atoms with Crippen LogP contribution in [0.15, 0.2) is 168 Å². The van der Waals surface area contributed by atoms with Gasteiger partial charge in [-0.1, -0.05) is 171 Å². The van der Waals surface area contributed by atoms with Gasteiger partial charge in [0.15, 0.2) is 29.1 Å². The van der Waals surface area contributed by atoms with E-state index in [0.29, 0.717) is 23.3 Å². The largest absolute Gasteiger partial charge is 0.282 e. The fourth-order valence-electron chi connectivity index (χ4n) is 6.47. The molecule has 0 saturated carbocycles. The predicted octanol–water partition coefficient (Wildman–Crippen LogP) is 10.6. The number of hydrogen-bond acceptors (Lipinski definition) is 4. The van der Waals surface area contributed by atoms with Gasteiger partial charge in [0.1, 0.15) is 0 Å². The van der Waals surface area contributed by atoms with Gasteiger partial charge in [-0.3, -0.25) is 5.41 Å². The molecule has 8 rings (SSSR count). The van der Waals surface area contributed by atoms with Crippen LogP contribution in [0.3, 0.4) is 0 Å². The second-order valence-corrected chi connectivity index (χ2v) is 13.1. The number of aryl methyl sites for hydroxylation is 1. The number of rotatable bonds is 5. The standard InChI is InChI=1S/C31H25N3.C15H13N3/c1-20-14-16-24-25-17-15-23(19-27(25)31(2,3)26(24)18-20)30-33-28(21-10-6-4-7-11-21)32-29(34-30)22-12-8-5-9-13-22;1-17-15(13-10-6-3-7-11-13)18-14(16)12-8-4-2-5-9-12/h4-19H,1-3H3;2-11,16H,1H2. The van der Waals surface area contributed by atoms with Crippen molar-refractivity contribution in [3.8, 4) is 45.3 Å². The molecule has 7 aromatic rings. The highest BCUT2D eigenvalue weighted by Gasteiger charge is 2.35. The van der Waals surface area contributed by atoms with E-state index in [9.17, 15) is 0 Å². The zero-order chi connectivity index (χ0) is 36.1. The smallest absolute Gasteiger partial charge is 0.164 e. The second kappa shape index (κ2) is 14.7. The van der Waals surface area contributed by atoms with Crippen molar-refractivity contribution in [2.75, 3.05) is 0 Å². The molecule has 0 atom stereocenters. The first-order valence-electron chi connectivity index (χ1n) is 17.2. The van der Waals surface area contributed by atoms with Gasteiger partial charge < -0.3 is 0 Å². The lowest BCUT2D eigenvalue weighted by Crippen LogP contribution is -2.15. The number of aliphatic imine (C=N–C) groups is 2. The van der Waals surface area contributed by atoms with Crippen molar-refractivity contribution < 1.29 is 0 Å².